The van der Waals surface area contributed by atoms with Gasteiger partial charge in [-0.2, -0.15) is 5.10 Å². The quantitative estimate of drug-likeness (QED) is 0.889. The third kappa shape index (κ3) is 3.46. The Morgan fingerprint density at radius 3 is 3.04 bits per heavy atom. The highest BCUT2D eigenvalue weighted by Gasteiger charge is 2.23. The number of aromatic nitrogens is 2. The highest BCUT2D eigenvalue weighted by Crippen LogP contribution is 2.31. The zero-order chi connectivity index (χ0) is 16.9. The number of carbonyl (C=O) groups is 1. The zero-order valence-corrected chi connectivity index (χ0v) is 13.4. The Labute approximate surface area is 139 Å². The van der Waals surface area contributed by atoms with Gasteiger partial charge in [-0.05, 0) is 12.1 Å². The maximum absolute atomic E-state index is 12.5. The Morgan fingerprint density at radius 2 is 2.21 bits per heavy atom. The lowest BCUT2D eigenvalue weighted by Crippen LogP contribution is -2.34. The fourth-order valence-corrected chi connectivity index (χ4v) is 2.63. The molecule has 1 aliphatic rings. The summed E-state index contributed by atoms with van der Waals surface area (Å²) in [6, 6.07) is 10.3. The number of benzene rings is 1. The molecular formula is C17H19N3O4. The minimum Gasteiger partial charge on any atom is -0.493 e. The maximum Gasteiger partial charge on any atom is 0.272 e. The number of hydrogen-bond acceptors (Lipinski definition) is 5. The van der Waals surface area contributed by atoms with Crippen molar-refractivity contribution in [1.29, 1.82) is 0 Å². The Balaban J connectivity index is 1.77. The van der Waals surface area contributed by atoms with Crippen LogP contribution in [0.1, 0.15) is 28.5 Å². The van der Waals surface area contributed by atoms with Crippen LogP contribution in [0.3, 0.4) is 0 Å². The number of para-hydroxylation sites is 1. The number of rotatable bonds is 5. The summed E-state index contributed by atoms with van der Waals surface area (Å²) in [6.45, 7) is 1.20. The Hall–Kier alpha value is -2.67. The van der Waals surface area contributed by atoms with Gasteiger partial charge in [-0.15, -0.1) is 0 Å². The minimum atomic E-state index is -0.317. The summed E-state index contributed by atoms with van der Waals surface area (Å²) >= 11 is 0. The van der Waals surface area contributed by atoms with Gasteiger partial charge in [-0.25, -0.2) is 4.68 Å². The predicted octanol–water partition coefficient (Wildman–Crippen LogP) is 1.14. The van der Waals surface area contributed by atoms with E-state index in [-0.39, 0.29) is 23.2 Å². The highest BCUT2D eigenvalue weighted by atomic mass is 16.5. The van der Waals surface area contributed by atoms with Gasteiger partial charge in [-0.1, -0.05) is 18.2 Å². The van der Waals surface area contributed by atoms with Gasteiger partial charge >= 0.3 is 0 Å². The van der Waals surface area contributed by atoms with Crippen molar-refractivity contribution in [2.45, 2.75) is 19.0 Å². The molecule has 0 radical (unpaired) electrons. The summed E-state index contributed by atoms with van der Waals surface area (Å²) in [4.78, 5) is 24.2. The van der Waals surface area contributed by atoms with E-state index in [2.05, 4.69) is 10.4 Å². The van der Waals surface area contributed by atoms with Crippen molar-refractivity contribution in [2.75, 3.05) is 20.3 Å². The van der Waals surface area contributed by atoms with Gasteiger partial charge in [0.1, 0.15) is 11.4 Å². The van der Waals surface area contributed by atoms with E-state index < -0.39 is 0 Å². The first-order valence-corrected chi connectivity index (χ1v) is 7.79. The summed E-state index contributed by atoms with van der Waals surface area (Å²) in [7, 11) is 1.55. The minimum absolute atomic E-state index is 0.136. The van der Waals surface area contributed by atoms with Crippen molar-refractivity contribution in [3.63, 3.8) is 0 Å². The van der Waals surface area contributed by atoms with Crippen LogP contribution >= 0.6 is 0 Å². The molecule has 1 aromatic heterocycles. The number of ether oxygens (including phenoxy) is 2. The molecule has 126 valence electrons. The lowest BCUT2D eigenvalue weighted by molar-refractivity contribution is 0.0916. The molecule has 3 rings (SSSR count). The second-order valence-corrected chi connectivity index (χ2v) is 5.47. The molecule has 7 nitrogen and oxygen atoms in total. The standard InChI is InChI=1S/C17H19N3O4/c1-23-11-9-20-16(21)7-6-14(19-20)17(22)18-13-8-10-24-15-5-3-2-4-12(13)15/h2-7,13H,8-11H2,1H3,(H,18,22)/t13-/m0/s1. The van der Waals surface area contributed by atoms with Crippen LogP contribution < -0.4 is 15.6 Å². The van der Waals surface area contributed by atoms with Crippen molar-refractivity contribution < 1.29 is 14.3 Å². The fraction of sp³-hybridized carbons (Fsp3) is 0.353. The molecule has 1 amide bonds. The normalized spacial score (nSPS) is 16.1. The molecule has 0 aliphatic carbocycles. The molecule has 1 atom stereocenters. The van der Waals surface area contributed by atoms with Crippen molar-refractivity contribution in [1.82, 2.24) is 15.1 Å². The Morgan fingerprint density at radius 1 is 1.38 bits per heavy atom. The monoisotopic (exact) mass is 329 g/mol. The summed E-state index contributed by atoms with van der Waals surface area (Å²) in [5.41, 5.74) is 0.888. The average molecular weight is 329 g/mol. The molecule has 1 aromatic carbocycles. The van der Waals surface area contributed by atoms with E-state index in [1.54, 1.807) is 7.11 Å². The van der Waals surface area contributed by atoms with E-state index in [0.717, 1.165) is 11.3 Å². The molecule has 7 heteroatoms. The van der Waals surface area contributed by atoms with Gasteiger partial charge in [0.25, 0.3) is 11.5 Å². The summed E-state index contributed by atoms with van der Waals surface area (Å²) in [5, 5.41) is 7.08. The van der Waals surface area contributed by atoms with Crippen LogP contribution in [0.4, 0.5) is 0 Å². The first kappa shape index (κ1) is 16.2. The molecule has 0 fully saturated rings. The zero-order valence-electron chi connectivity index (χ0n) is 13.4. The van der Waals surface area contributed by atoms with Gasteiger partial charge in [-0.3, -0.25) is 9.59 Å². The van der Waals surface area contributed by atoms with Crippen LogP contribution in [-0.4, -0.2) is 36.0 Å². The molecule has 1 aliphatic heterocycles. The van der Waals surface area contributed by atoms with E-state index in [0.29, 0.717) is 26.2 Å². The first-order valence-electron chi connectivity index (χ1n) is 7.79. The van der Waals surface area contributed by atoms with E-state index in [4.69, 9.17) is 9.47 Å². The molecule has 0 spiro atoms. The molecule has 0 saturated heterocycles. The number of amides is 1. The van der Waals surface area contributed by atoms with Gasteiger partial charge in [0.2, 0.25) is 0 Å². The van der Waals surface area contributed by atoms with E-state index >= 15 is 0 Å². The summed E-state index contributed by atoms with van der Waals surface area (Å²) in [5.74, 6) is 0.468. The van der Waals surface area contributed by atoms with E-state index in [1.165, 1.54) is 16.8 Å². The second-order valence-electron chi connectivity index (χ2n) is 5.47. The number of nitrogens with zero attached hydrogens (tertiary/aromatic N) is 2. The lowest BCUT2D eigenvalue weighted by atomic mass is 10.0. The fourth-order valence-electron chi connectivity index (χ4n) is 2.63. The third-order valence-corrected chi connectivity index (χ3v) is 3.87. The molecule has 0 bridgehead atoms. The van der Waals surface area contributed by atoms with Crippen molar-refractivity contribution in [2.24, 2.45) is 0 Å². The van der Waals surface area contributed by atoms with Crippen LogP contribution in [0.2, 0.25) is 0 Å². The van der Waals surface area contributed by atoms with Crippen molar-refractivity contribution in [3.05, 3.63) is 58.0 Å². The molecular weight excluding hydrogens is 310 g/mol. The Kier molecular flexibility index (Phi) is 4.90. The van der Waals surface area contributed by atoms with Crippen LogP contribution in [0.5, 0.6) is 5.75 Å². The average Bonchev–Trinajstić information content (AvgIpc) is 2.61. The number of fused-ring (bicyclic) bond motifs is 1. The summed E-state index contributed by atoms with van der Waals surface area (Å²) < 4.78 is 11.8. The van der Waals surface area contributed by atoms with E-state index in [1.807, 2.05) is 24.3 Å². The van der Waals surface area contributed by atoms with Crippen LogP contribution in [0.15, 0.2) is 41.2 Å². The predicted molar refractivity (Wildman–Crippen MR) is 87.1 cm³/mol. The van der Waals surface area contributed by atoms with Crippen LogP contribution in [0, 0.1) is 0 Å². The number of nitrogens with one attached hydrogen (secondary N) is 1. The van der Waals surface area contributed by atoms with Gasteiger partial charge in [0.15, 0.2) is 0 Å². The first-order chi connectivity index (χ1) is 11.7. The smallest absolute Gasteiger partial charge is 0.272 e. The SMILES string of the molecule is COCCn1nc(C(=O)N[C@H]2CCOc3ccccc32)ccc1=O. The van der Waals surface area contributed by atoms with E-state index in [9.17, 15) is 9.59 Å². The summed E-state index contributed by atoms with van der Waals surface area (Å²) in [6.07, 6.45) is 0.687. The number of methoxy groups -OCH3 is 1. The van der Waals surface area contributed by atoms with Crippen LogP contribution in [-0.2, 0) is 11.3 Å². The largest absolute Gasteiger partial charge is 0.493 e. The second kappa shape index (κ2) is 7.27. The molecule has 24 heavy (non-hydrogen) atoms. The van der Waals surface area contributed by atoms with Crippen molar-refractivity contribution in [3.8, 4) is 5.75 Å². The molecule has 2 heterocycles. The van der Waals surface area contributed by atoms with Gasteiger partial charge in [0, 0.05) is 25.2 Å². The molecule has 2 aromatic rings. The Bertz CT molecular complexity index is 787. The third-order valence-electron chi connectivity index (χ3n) is 3.87. The molecule has 1 N–H and O–H groups in total. The molecule has 0 unspecified atom stereocenters. The lowest BCUT2D eigenvalue weighted by Gasteiger charge is -2.26. The number of carbonyl (C=O) groups excluding carboxylic acids is 1. The highest BCUT2D eigenvalue weighted by molar-refractivity contribution is 5.92. The number of hydrogen-bond donors (Lipinski definition) is 1. The van der Waals surface area contributed by atoms with Crippen LogP contribution in [0.25, 0.3) is 0 Å². The van der Waals surface area contributed by atoms with Gasteiger partial charge in [0.05, 0.1) is 25.8 Å². The van der Waals surface area contributed by atoms with Gasteiger partial charge < -0.3 is 14.8 Å². The van der Waals surface area contributed by atoms with Crippen molar-refractivity contribution >= 4 is 5.91 Å². The topological polar surface area (TPSA) is 82.5 Å². The molecule has 0 saturated carbocycles. The maximum atomic E-state index is 12.5.